The van der Waals surface area contributed by atoms with Crippen molar-refractivity contribution < 1.29 is 13.2 Å². The molecule has 0 bridgehead atoms. The van der Waals surface area contributed by atoms with Crippen molar-refractivity contribution in [3.63, 3.8) is 0 Å². The first kappa shape index (κ1) is 16.7. The minimum absolute atomic E-state index is 0.0656. The molecular formula is C14H10BrClN2O3S. The Morgan fingerprint density at radius 1 is 1.41 bits per heavy atom. The highest BCUT2D eigenvalue weighted by molar-refractivity contribution is 9.10. The molecule has 8 heteroatoms. The highest BCUT2D eigenvalue weighted by Crippen LogP contribution is 2.29. The number of sulfonamides is 1. The van der Waals surface area contributed by atoms with Gasteiger partial charge in [-0.1, -0.05) is 15.9 Å². The van der Waals surface area contributed by atoms with E-state index >= 15 is 0 Å². The average Bonchev–Trinajstić information content (AvgIpc) is 2.49. The molecule has 0 saturated carbocycles. The summed E-state index contributed by atoms with van der Waals surface area (Å²) in [4.78, 5) is -0.0656. The van der Waals surface area contributed by atoms with Crippen LogP contribution in [0.25, 0.3) is 0 Å². The number of hydrogen-bond acceptors (Lipinski definition) is 4. The number of alkyl halides is 1. The van der Waals surface area contributed by atoms with Crippen molar-refractivity contribution in [2.24, 2.45) is 4.40 Å². The van der Waals surface area contributed by atoms with E-state index in [1.807, 2.05) is 6.07 Å². The van der Waals surface area contributed by atoms with E-state index < -0.39 is 15.4 Å². The number of nitrogens with zero attached hydrogens (tertiary/aromatic N) is 2. The Morgan fingerprint density at radius 2 is 2.14 bits per heavy atom. The van der Waals surface area contributed by atoms with Crippen LogP contribution in [0.15, 0.2) is 55.8 Å². The second kappa shape index (κ2) is 6.65. The smallest absolute Gasteiger partial charge is 0.286 e. The summed E-state index contributed by atoms with van der Waals surface area (Å²) in [7, 11) is -2.62. The van der Waals surface area contributed by atoms with E-state index in [9.17, 15) is 8.42 Å². The van der Waals surface area contributed by atoms with Crippen molar-refractivity contribution in [2.45, 2.75) is 10.3 Å². The molecule has 0 saturated heterocycles. The van der Waals surface area contributed by atoms with Crippen molar-refractivity contribution in [2.75, 3.05) is 7.11 Å². The third-order valence-corrected chi connectivity index (χ3v) is 4.97. The topological polar surface area (TPSA) is 79.5 Å². The van der Waals surface area contributed by atoms with Crippen LogP contribution in [0.3, 0.4) is 0 Å². The standard InChI is InChI=1S/C14H10BrClN2O3S/c1-21-13-5-3-10(15)7-14(13)22(19,20)18-12-4-2-9(8-17)6-11(12)16/h2-7,11H,1H3. The van der Waals surface area contributed by atoms with Gasteiger partial charge in [0.1, 0.15) is 10.6 Å². The Morgan fingerprint density at radius 3 is 2.73 bits per heavy atom. The molecule has 22 heavy (non-hydrogen) atoms. The van der Waals surface area contributed by atoms with E-state index in [1.54, 1.807) is 6.07 Å². The lowest BCUT2D eigenvalue weighted by Crippen LogP contribution is -2.16. The monoisotopic (exact) mass is 400 g/mol. The van der Waals surface area contributed by atoms with Gasteiger partial charge < -0.3 is 4.74 Å². The largest absolute Gasteiger partial charge is 0.495 e. The average molecular weight is 402 g/mol. The number of ether oxygens (including phenoxy) is 1. The van der Waals surface area contributed by atoms with Gasteiger partial charge >= 0.3 is 0 Å². The first-order valence-electron chi connectivity index (χ1n) is 6.00. The van der Waals surface area contributed by atoms with Gasteiger partial charge in [-0.3, -0.25) is 0 Å². The lowest BCUT2D eigenvalue weighted by molar-refractivity contribution is 0.402. The molecule has 1 aliphatic rings. The van der Waals surface area contributed by atoms with E-state index in [-0.39, 0.29) is 16.4 Å². The lowest BCUT2D eigenvalue weighted by atomic mass is 10.1. The number of benzene rings is 1. The zero-order valence-electron chi connectivity index (χ0n) is 11.3. The fourth-order valence-electron chi connectivity index (χ4n) is 1.76. The fraction of sp³-hybridized carbons (Fsp3) is 0.143. The van der Waals surface area contributed by atoms with Crippen molar-refractivity contribution in [1.29, 1.82) is 5.26 Å². The van der Waals surface area contributed by atoms with E-state index in [0.717, 1.165) is 0 Å². The van der Waals surface area contributed by atoms with Crippen LogP contribution in [0.2, 0.25) is 0 Å². The Labute approximate surface area is 141 Å². The molecule has 0 spiro atoms. The second-order valence-electron chi connectivity index (χ2n) is 4.26. The molecule has 0 fully saturated rings. The Hall–Kier alpha value is -1.62. The number of nitriles is 1. The van der Waals surface area contributed by atoms with Crippen LogP contribution in [-0.2, 0) is 10.0 Å². The SMILES string of the molecule is COc1ccc(Br)cc1S(=O)(=O)N=C1C=CC(C#N)=CC1Cl. The maximum atomic E-state index is 12.5. The molecule has 1 unspecified atom stereocenters. The fourth-order valence-corrected chi connectivity index (χ4v) is 3.82. The molecule has 0 radical (unpaired) electrons. The van der Waals surface area contributed by atoms with Gasteiger partial charge in [-0.2, -0.15) is 18.1 Å². The summed E-state index contributed by atoms with van der Waals surface area (Å²) in [6.45, 7) is 0. The van der Waals surface area contributed by atoms with Gasteiger partial charge in [0.15, 0.2) is 0 Å². The van der Waals surface area contributed by atoms with E-state index in [1.165, 1.54) is 37.5 Å². The Kier molecular flexibility index (Phi) is 5.06. The summed E-state index contributed by atoms with van der Waals surface area (Å²) in [5.41, 5.74) is 0.499. The zero-order valence-corrected chi connectivity index (χ0v) is 14.5. The van der Waals surface area contributed by atoms with Crippen LogP contribution >= 0.6 is 27.5 Å². The molecule has 0 aliphatic heterocycles. The normalized spacial score (nSPS) is 19.6. The molecule has 5 nitrogen and oxygen atoms in total. The summed E-state index contributed by atoms with van der Waals surface area (Å²) < 4.78 is 34.3. The van der Waals surface area contributed by atoms with Gasteiger partial charge in [-0.15, -0.1) is 11.6 Å². The molecule has 1 aromatic carbocycles. The second-order valence-corrected chi connectivity index (χ2v) is 7.21. The first-order valence-corrected chi connectivity index (χ1v) is 8.67. The van der Waals surface area contributed by atoms with E-state index in [4.69, 9.17) is 21.6 Å². The maximum absolute atomic E-state index is 12.5. The van der Waals surface area contributed by atoms with Crippen LogP contribution < -0.4 is 4.74 Å². The first-order chi connectivity index (χ1) is 10.4. The van der Waals surface area contributed by atoms with Crippen LogP contribution in [-0.4, -0.2) is 26.6 Å². The highest BCUT2D eigenvalue weighted by Gasteiger charge is 2.22. The molecule has 1 atom stereocenters. The highest BCUT2D eigenvalue weighted by atomic mass is 79.9. The molecule has 1 aromatic rings. The molecule has 2 rings (SSSR count). The number of rotatable bonds is 3. The Balaban J connectivity index is 2.48. The quantitative estimate of drug-likeness (QED) is 0.728. The summed E-state index contributed by atoms with van der Waals surface area (Å²) in [5, 5.41) is 8.01. The van der Waals surface area contributed by atoms with Gasteiger partial charge in [-0.05, 0) is 36.4 Å². The van der Waals surface area contributed by atoms with Crippen molar-refractivity contribution in [1.82, 2.24) is 0 Å². The van der Waals surface area contributed by atoms with Crippen LogP contribution in [0.1, 0.15) is 0 Å². The third kappa shape index (κ3) is 3.58. The lowest BCUT2D eigenvalue weighted by Gasteiger charge is -2.11. The molecule has 1 aliphatic carbocycles. The minimum Gasteiger partial charge on any atom is -0.495 e. The summed E-state index contributed by atoms with van der Waals surface area (Å²) in [6, 6.07) is 6.53. The number of allylic oxidation sites excluding steroid dienone is 4. The minimum atomic E-state index is -4.00. The van der Waals surface area contributed by atoms with Crippen molar-refractivity contribution >= 4 is 43.3 Å². The van der Waals surface area contributed by atoms with Crippen molar-refractivity contribution in [3.8, 4) is 11.8 Å². The van der Waals surface area contributed by atoms with E-state index in [0.29, 0.717) is 10.0 Å². The third-order valence-electron chi connectivity index (χ3n) is 2.80. The maximum Gasteiger partial charge on any atom is 0.286 e. The molecule has 0 amide bonds. The van der Waals surface area contributed by atoms with Crippen LogP contribution in [0.5, 0.6) is 5.75 Å². The van der Waals surface area contributed by atoms with E-state index in [2.05, 4.69) is 20.3 Å². The summed E-state index contributed by atoms with van der Waals surface area (Å²) in [5.74, 6) is 0.187. The summed E-state index contributed by atoms with van der Waals surface area (Å²) >= 11 is 9.26. The molecule has 0 aromatic heterocycles. The predicted octanol–water partition coefficient (Wildman–Crippen LogP) is 3.21. The van der Waals surface area contributed by atoms with Gasteiger partial charge in [-0.25, -0.2) is 0 Å². The molecule has 114 valence electrons. The number of hydrogen-bond donors (Lipinski definition) is 0. The van der Waals surface area contributed by atoms with Gasteiger partial charge in [0.2, 0.25) is 0 Å². The van der Waals surface area contributed by atoms with Crippen LogP contribution in [0, 0.1) is 11.3 Å². The molecule has 0 N–H and O–H groups in total. The van der Waals surface area contributed by atoms with Gasteiger partial charge in [0.05, 0.1) is 24.3 Å². The Bertz CT molecular complexity index is 838. The van der Waals surface area contributed by atoms with Gasteiger partial charge in [0.25, 0.3) is 10.0 Å². The predicted molar refractivity (Wildman–Crippen MR) is 87.8 cm³/mol. The number of methoxy groups -OCH3 is 1. The van der Waals surface area contributed by atoms with Gasteiger partial charge in [0, 0.05) is 10.0 Å². The number of halogens is 2. The molecular weight excluding hydrogens is 392 g/mol. The molecule has 0 heterocycles. The van der Waals surface area contributed by atoms with Crippen LogP contribution in [0.4, 0.5) is 0 Å². The summed E-state index contributed by atoms with van der Waals surface area (Å²) in [6.07, 6.45) is 4.32. The van der Waals surface area contributed by atoms with Crippen molar-refractivity contribution in [3.05, 3.63) is 46.5 Å². The zero-order chi connectivity index (χ0) is 16.3.